The molecule has 27 heavy (non-hydrogen) atoms. The van der Waals surface area contributed by atoms with Crippen LogP contribution in [0.25, 0.3) is 0 Å². The van der Waals surface area contributed by atoms with Gasteiger partial charge in [-0.1, -0.05) is 51.2 Å². The second kappa shape index (κ2) is 12.2. The van der Waals surface area contributed by atoms with E-state index in [2.05, 4.69) is 6.92 Å². The van der Waals surface area contributed by atoms with Gasteiger partial charge in [-0.2, -0.15) is 8.42 Å². The summed E-state index contributed by atoms with van der Waals surface area (Å²) >= 11 is 0. The summed E-state index contributed by atoms with van der Waals surface area (Å²) in [6, 6.07) is 10.3. The van der Waals surface area contributed by atoms with Crippen molar-refractivity contribution >= 4 is 10.1 Å². The standard InChI is InChI=1S/C20H26O5S.K/c1-2-3-4-5-6-7-8-16-15-19(26(22,23)24)13-14-20(16)25-18-11-9-17(21)10-12-18;/h9-15,21H,2-8H2,1H3,(H,22,23,24);/q;+1/p-1. The fraction of sp³-hybridized carbons (Fsp3) is 0.400. The molecule has 0 unspecified atom stereocenters. The van der Waals surface area contributed by atoms with E-state index in [-0.39, 0.29) is 62.0 Å². The average molecular weight is 417 g/mol. The van der Waals surface area contributed by atoms with Crippen LogP contribution in [-0.2, 0) is 16.5 Å². The van der Waals surface area contributed by atoms with Gasteiger partial charge in [0.15, 0.2) is 0 Å². The van der Waals surface area contributed by atoms with Crippen LogP contribution in [0.15, 0.2) is 47.4 Å². The SMILES string of the molecule is CCCCCCCCc1cc(S(=O)(=O)O)ccc1Oc1ccc([O-])cc1.[K+]. The Labute approximate surface area is 204 Å². The molecule has 1 N–H and O–H groups in total. The first-order valence-corrected chi connectivity index (χ1v) is 10.4. The molecule has 0 amide bonds. The number of ether oxygens (including phenoxy) is 1. The second-order valence-corrected chi connectivity index (χ2v) is 7.76. The molecule has 142 valence electrons. The molecule has 0 bridgehead atoms. The molecule has 2 aromatic carbocycles. The van der Waals surface area contributed by atoms with Crippen molar-refractivity contribution in [2.24, 2.45) is 0 Å². The van der Waals surface area contributed by atoms with Crippen molar-refractivity contribution in [3.05, 3.63) is 48.0 Å². The van der Waals surface area contributed by atoms with Crippen LogP contribution in [0, 0.1) is 0 Å². The maximum atomic E-state index is 11.4. The summed E-state index contributed by atoms with van der Waals surface area (Å²) in [5.74, 6) is 0.935. The van der Waals surface area contributed by atoms with Crippen molar-refractivity contribution in [1.82, 2.24) is 0 Å². The minimum absolute atomic E-state index is 0. The van der Waals surface area contributed by atoms with Gasteiger partial charge in [0.1, 0.15) is 11.5 Å². The topological polar surface area (TPSA) is 86.7 Å². The fourth-order valence-corrected chi connectivity index (χ4v) is 3.27. The summed E-state index contributed by atoms with van der Waals surface area (Å²) in [7, 11) is -4.26. The maximum Gasteiger partial charge on any atom is 1.00 e. The van der Waals surface area contributed by atoms with Crippen molar-refractivity contribution in [2.45, 2.75) is 56.8 Å². The molecule has 0 fully saturated rings. The number of benzene rings is 2. The zero-order chi connectivity index (χ0) is 19.0. The van der Waals surface area contributed by atoms with Gasteiger partial charge in [-0.25, -0.2) is 0 Å². The minimum atomic E-state index is -4.26. The molecule has 0 saturated carbocycles. The van der Waals surface area contributed by atoms with E-state index in [1.54, 1.807) is 18.2 Å². The first-order chi connectivity index (χ1) is 12.4. The molecule has 5 nitrogen and oxygen atoms in total. The second-order valence-electron chi connectivity index (χ2n) is 6.34. The Morgan fingerprint density at radius 2 is 1.59 bits per heavy atom. The van der Waals surface area contributed by atoms with Crippen LogP contribution in [0.4, 0.5) is 0 Å². The van der Waals surface area contributed by atoms with Crippen molar-refractivity contribution in [3.63, 3.8) is 0 Å². The summed E-state index contributed by atoms with van der Waals surface area (Å²) in [6.45, 7) is 2.17. The van der Waals surface area contributed by atoms with Crippen molar-refractivity contribution < 1.29 is 74.2 Å². The number of hydrogen-bond donors (Lipinski definition) is 1. The van der Waals surface area contributed by atoms with Gasteiger partial charge in [0.2, 0.25) is 0 Å². The Hall–Kier alpha value is -0.414. The van der Waals surface area contributed by atoms with Gasteiger partial charge >= 0.3 is 51.4 Å². The van der Waals surface area contributed by atoms with E-state index in [9.17, 15) is 18.1 Å². The number of rotatable bonds is 10. The molecule has 2 rings (SSSR count). The fourth-order valence-electron chi connectivity index (χ4n) is 2.74. The Morgan fingerprint density at radius 1 is 0.963 bits per heavy atom. The van der Waals surface area contributed by atoms with E-state index < -0.39 is 10.1 Å². The number of aryl methyl sites for hydroxylation is 1. The van der Waals surface area contributed by atoms with Gasteiger partial charge in [0.05, 0.1) is 4.90 Å². The predicted octanol–water partition coefficient (Wildman–Crippen LogP) is 1.71. The van der Waals surface area contributed by atoms with E-state index >= 15 is 0 Å². The predicted molar refractivity (Wildman–Crippen MR) is 99.3 cm³/mol. The minimum Gasteiger partial charge on any atom is -0.872 e. The van der Waals surface area contributed by atoms with Gasteiger partial charge in [-0.15, -0.1) is 5.75 Å². The monoisotopic (exact) mass is 416 g/mol. The molecular formula is C20H25KO5S. The molecule has 7 heteroatoms. The van der Waals surface area contributed by atoms with E-state index in [0.29, 0.717) is 17.9 Å². The molecule has 0 spiro atoms. The van der Waals surface area contributed by atoms with Crippen molar-refractivity contribution in [2.75, 3.05) is 0 Å². The quantitative estimate of drug-likeness (QED) is 0.362. The van der Waals surface area contributed by atoms with Gasteiger partial charge in [0.25, 0.3) is 10.1 Å². The Bertz CT molecular complexity index is 804. The molecule has 2 aromatic rings. The van der Waals surface area contributed by atoms with Crippen LogP contribution in [0.2, 0.25) is 0 Å². The normalized spacial score (nSPS) is 11.0. The smallest absolute Gasteiger partial charge is 0.872 e. The van der Waals surface area contributed by atoms with Crippen LogP contribution in [0.5, 0.6) is 17.2 Å². The molecule has 0 saturated heterocycles. The first kappa shape index (κ1) is 24.6. The van der Waals surface area contributed by atoms with Gasteiger partial charge in [-0.3, -0.25) is 4.55 Å². The molecule has 0 atom stereocenters. The Kier molecular flexibility index (Phi) is 11.1. The van der Waals surface area contributed by atoms with Crippen LogP contribution in [0.1, 0.15) is 51.0 Å². The third-order valence-electron chi connectivity index (χ3n) is 4.18. The molecule has 0 aromatic heterocycles. The largest absolute Gasteiger partial charge is 1.00 e. The van der Waals surface area contributed by atoms with Crippen molar-refractivity contribution in [1.29, 1.82) is 0 Å². The van der Waals surface area contributed by atoms with Crippen LogP contribution < -0.4 is 61.2 Å². The van der Waals surface area contributed by atoms with E-state index in [1.807, 2.05) is 0 Å². The van der Waals surface area contributed by atoms with Gasteiger partial charge in [-0.05, 0) is 48.7 Å². The Balaban J connectivity index is 0.00000364. The van der Waals surface area contributed by atoms with Crippen molar-refractivity contribution in [3.8, 4) is 17.2 Å². The molecule has 0 aliphatic rings. The molecule has 0 radical (unpaired) electrons. The third kappa shape index (κ3) is 8.64. The molecular weight excluding hydrogens is 391 g/mol. The summed E-state index contributed by atoms with van der Waals surface area (Å²) < 4.78 is 37.9. The van der Waals surface area contributed by atoms with Crippen LogP contribution in [0.3, 0.4) is 0 Å². The van der Waals surface area contributed by atoms with Crippen LogP contribution >= 0.6 is 0 Å². The van der Waals surface area contributed by atoms with Crippen LogP contribution in [-0.4, -0.2) is 13.0 Å². The average Bonchev–Trinajstić information content (AvgIpc) is 2.60. The summed E-state index contributed by atoms with van der Waals surface area (Å²) in [5.41, 5.74) is 0.724. The molecule has 0 aliphatic carbocycles. The number of unbranched alkanes of at least 4 members (excludes halogenated alkanes) is 5. The zero-order valence-corrected chi connectivity index (χ0v) is 19.9. The van der Waals surface area contributed by atoms with E-state index in [1.165, 1.54) is 43.5 Å². The van der Waals surface area contributed by atoms with Gasteiger partial charge in [0, 0.05) is 0 Å². The van der Waals surface area contributed by atoms with E-state index in [0.717, 1.165) is 24.8 Å². The number of hydrogen-bond acceptors (Lipinski definition) is 4. The summed E-state index contributed by atoms with van der Waals surface area (Å²) in [5, 5.41) is 11.2. The zero-order valence-electron chi connectivity index (χ0n) is 16.0. The molecule has 0 aliphatic heterocycles. The molecule has 0 heterocycles. The first-order valence-electron chi connectivity index (χ1n) is 8.95. The summed E-state index contributed by atoms with van der Waals surface area (Å²) in [6.07, 6.45) is 7.39. The summed E-state index contributed by atoms with van der Waals surface area (Å²) in [4.78, 5) is -0.138. The maximum absolute atomic E-state index is 11.4. The Morgan fingerprint density at radius 3 is 2.22 bits per heavy atom. The third-order valence-corrected chi connectivity index (χ3v) is 5.03. The van der Waals surface area contributed by atoms with Gasteiger partial charge < -0.3 is 9.84 Å². The van der Waals surface area contributed by atoms with E-state index in [4.69, 9.17) is 4.74 Å².